The van der Waals surface area contributed by atoms with Crippen molar-refractivity contribution in [2.75, 3.05) is 19.6 Å². The summed E-state index contributed by atoms with van der Waals surface area (Å²) in [7, 11) is 0. The summed E-state index contributed by atoms with van der Waals surface area (Å²) in [6.07, 6.45) is 6.90. The molecule has 0 bridgehead atoms. The van der Waals surface area contributed by atoms with Gasteiger partial charge in [-0.15, -0.1) is 11.3 Å². The van der Waals surface area contributed by atoms with Crippen LogP contribution < -0.4 is 5.32 Å². The van der Waals surface area contributed by atoms with Gasteiger partial charge >= 0.3 is 0 Å². The Bertz CT molecular complexity index is 459. The van der Waals surface area contributed by atoms with Crippen LogP contribution in [0.3, 0.4) is 0 Å². The van der Waals surface area contributed by atoms with Crippen LogP contribution in [-0.2, 0) is 4.79 Å². The standard InChI is InChI=1S/C16H24N2OS/c1-3-10-18-11-8-14(9-12-18)17-16(19)7-6-15-5-4-13(2)20-15/h4-7,14H,3,8-12H2,1-2H3,(H,17,19)/b7-6+. The van der Waals surface area contributed by atoms with Gasteiger partial charge in [0.1, 0.15) is 0 Å². The topological polar surface area (TPSA) is 32.3 Å². The number of hydrogen-bond donors (Lipinski definition) is 1. The van der Waals surface area contributed by atoms with E-state index in [1.165, 1.54) is 17.8 Å². The predicted molar refractivity (Wildman–Crippen MR) is 86.0 cm³/mol. The van der Waals surface area contributed by atoms with Gasteiger partial charge in [0.2, 0.25) is 5.91 Å². The van der Waals surface area contributed by atoms with Gasteiger partial charge in [-0.2, -0.15) is 0 Å². The molecule has 1 aromatic heterocycles. The van der Waals surface area contributed by atoms with Crippen LogP contribution in [0, 0.1) is 6.92 Å². The summed E-state index contributed by atoms with van der Waals surface area (Å²) >= 11 is 1.71. The summed E-state index contributed by atoms with van der Waals surface area (Å²) in [6, 6.07) is 4.46. The number of aryl methyl sites for hydroxylation is 1. The van der Waals surface area contributed by atoms with Crippen molar-refractivity contribution in [2.45, 2.75) is 39.2 Å². The van der Waals surface area contributed by atoms with E-state index in [0.717, 1.165) is 30.8 Å². The monoisotopic (exact) mass is 292 g/mol. The molecule has 0 atom stereocenters. The number of piperidine rings is 1. The van der Waals surface area contributed by atoms with E-state index < -0.39 is 0 Å². The van der Waals surface area contributed by atoms with Gasteiger partial charge in [-0.05, 0) is 50.9 Å². The van der Waals surface area contributed by atoms with Crippen molar-refractivity contribution < 1.29 is 4.79 Å². The van der Waals surface area contributed by atoms with Gasteiger partial charge in [-0.3, -0.25) is 4.79 Å². The van der Waals surface area contributed by atoms with Crippen molar-refractivity contribution in [2.24, 2.45) is 0 Å². The molecule has 1 amide bonds. The average Bonchev–Trinajstić information content (AvgIpc) is 2.85. The minimum absolute atomic E-state index is 0.0324. The number of thiophene rings is 1. The molecule has 1 aliphatic heterocycles. The molecular formula is C16H24N2OS. The van der Waals surface area contributed by atoms with Gasteiger partial charge in [0.25, 0.3) is 0 Å². The van der Waals surface area contributed by atoms with Crippen LogP contribution in [0.2, 0.25) is 0 Å². The maximum Gasteiger partial charge on any atom is 0.244 e. The minimum atomic E-state index is 0.0324. The zero-order chi connectivity index (χ0) is 14.4. The third kappa shape index (κ3) is 4.76. The van der Waals surface area contributed by atoms with E-state index in [1.54, 1.807) is 17.4 Å². The van der Waals surface area contributed by atoms with Crippen LogP contribution in [-0.4, -0.2) is 36.5 Å². The second-order valence-electron chi connectivity index (χ2n) is 5.41. The zero-order valence-corrected chi connectivity index (χ0v) is 13.2. The molecule has 4 heteroatoms. The van der Waals surface area contributed by atoms with E-state index >= 15 is 0 Å². The first-order valence-electron chi connectivity index (χ1n) is 7.44. The number of hydrogen-bond acceptors (Lipinski definition) is 3. The molecule has 0 radical (unpaired) electrons. The highest BCUT2D eigenvalue weighted by molar-refractivity contribution is 7.12. The SMILES string of the molecule is CCCN1CCC(NC(=O)/C=C/c2ccc(C)s2)CC1. The summed E-state index contributed by atoms with van der Waals surface area (Å²) < 4.78 is 0. The molecule has 20 heavy (non-hydrogen) atoms. The van der Waals surface area contributed by atoms with Crippen molar-refractivity contribution in [3.05, 3.63) is 28.0 Å². The summed E-state index contributed by atoms with van der Waals surface area (Å²) in [5.41, 5.74) is 0. The molecule has 0 saturated carbocycles. The number of likely N-dealkylation sites (tertiary alicyclic amines) is 1. The molecule has 2 rings (SSSR count). The molecule has 110 valence electrons. The first-order chi connectivity index (χ1) is 9.67. The second kappa shape index (κ2) is 7.60. The van der Waals surface area contributed by atoms with Crippen LogP contribution >= 0.6 is 11.3 Å². The summed E-state index contributed by atoms with van der Waals surface area (Å²) in [5, 5.41) is 3.11. The quantitative estimate of drug-likeness (QED) is 0.846. The van der Waals surface area contributed by atoms with Crippen molar-refractivity contribution >= 4 is 23.3 Å². The molecule has 1 saturated heterocycles. The highest BCUT2D eigenvalue weighted by Gasteiger charge is 2.19. The normalized spacial score (nSPS) is 17.7. The summed E-state index contributed by atoms with van der Waals surface area (Å²) in [4.78, 5) is 16.8. The highest BCUT2D eigenvalue weighted by atomic mass is 32.1. The highest BCUT2D eigenvalue weighted by Crippen LogP contribution is 2.16. The minimum Gasteiger partial charge on any atom is -0.350 e. The number of amides is 1. The number of nitrogens with zero attached hydrogens (tertiary/aromatic N) is 1. The van der Waals surface area contributed by atoms with E-state index in [-0.39, 0.29) is 5.91 Å². The third-order valence-electron chi connectivity index (χ3n) is 3.63. The number of nitrogens with one attached hydrogen (secondary N) is 1. The zero-order valence-electron chi connectivity index (χ0n) is 12.4. The summed E-state index contributed by atoms with van der Waals surface area (Å²) in [5.74, 6) is 0.0324. The lowest BCUT2D eigenvalue weighted by atomic mass is 10.0. The van der Waals surface area contributed by atoms with Crippen LogP contribution in [0.1, 0.15) is 35.9 Å². The maximum atomic E-state index is 11.9. The molecule has 0 spiro atoms. The molecule has 1 fully saturated rings. The van der Waals surface area contributed by atoms with Crippen molar-refractivity contribution in [3.63, 3.8) is 0 Å². The smallest absolute Gasteiger partial charge is 0.244 e. The molecule has 3 nitrogen and oxygen atoms in total. The Balaban J connectivity index is 1.74. The van der Waals surface area contributed by atoms with Crippen molar-refractivity contribution in [1.29, 1.82) is 0 Å². The Hall–Kier alpha value is -1.13. The van der Waals surface area contributed by atoms with Gasteiger partial charge in [0, 0.05) is 35.0 Å². The molecule has 0 unspecified atom stereocenters. The average molecular weight is 292 g/mol. The van der Waals surface area contributed by atoms with Gasteiger partial charge in [-0.1, -0.05) is 6.92 Å². The largest absolute Gasteiger partial charge is 0.350 e. The van der Waals surface area contributed by atoms with E-state index in [9.17, 15) is 4.79 Å². The molecule has 1 N–H and O–H groups in total. The van der Waals surface area contributed by atoms with Gasteiger partial charge < -0.3 is 10.2 Å². The van der Waals surface area contributed by atoms with Crippen molar-refractivity contribution in [1.82, 2.24) is 10.2 Å². The molecule has 1 aliphatic rings. The Morgan fingerprint density at radius 3 is 2.80 bits per heavy atom. The lowest BCUT2D eigenvalue weighted by Crippen LogP contribution is -2.44. The molecule has 0 aromatic carbocycles. The predicted octanol–water partition coefficient (Wildman–Crippen LogP) is 3.06. The Morgan fingerprint density at radius 1 is 1.45 bits per heavy atom. The number of carbonyl (C=O) groups is 1. The van der Waals surface area contributed by atoms with Crippen LogP contribution in [0.5, 0.6) is 0 Å². The third-order valence-corrected chi connectivity index (χ3v) is 4.60. The fourth-order valence-electron chi connectivity index (χ4n) is 2.57. The Morgan fingerprint density at radius 2 is 2.20 bits per heavy atom. The van der Waals surface area contributed by atoms with Gasteiger partial charge in [-0.25, -0.2) is 0 Å². The number of rotatable bonds is 5. The van der Waals surface area contributed by atoms with Gasteiger partial charge in [0.05, 0.1) is 0 Å². The van der Waals surface area contributed by atoms with Crippen LogP contribution in [0.4, 0.5) is 0 Å². The van der Waals surface area contributed by atoms with E-state index in [4.69, 9.17) is 0 Å². The summed E-state index contributed by atoms with van der Waals surface area (Å²) in [6.45, 7) is 7.68. The first kappa shape index (κ1) is 15.3. The van der Waals surface area contributed by atoms with E-state index in [0.29, 0.717) is 6.04 Å². The van der Waals surface area contributed by atoms with Gasteiger partial charge in [0.15, 0.2) is 0 Å². The van der Waals surface area contributed by atoms with Crippen LogP contribution in [0.15, 0.2) is 18.2 Å². The Kier molecular flexibility index (Phi) is 5.80. The fraction of sp³-hybridized carbons (Fsp3) is 0.562. The van der Waals surface area contributed by atoms with Crippen LogP contribution in [0.25, 0.3) is 6.08 Å². The van der Waals surface area contributed by atoms with Crippen molar-refractivity contribution in [3.8, 4) is 0 Å². The second-order valence-corrected chi connectivity index (χ2v) is 6.73. The lowest BCUT2D eigenvalue weighted by molar-refractivity contribution is -0.117. The fourth-order valence-corrected chi connectivity index (χ4v) is 3.35. The van der Waals surface area contributed by atoms with E-state index in [2.05, 4.69) is 30.1 Å². The van der Waals surface area contributed by atoms with E-state index in [1.807, 2.05) is 12.1 Å². The Labute approximate surface area is 125 Å². The molecular weight excluding hydrogens is 268 g/mol. The molecule has 1 aromatic rings. The first-order valence-corrected chi connectivity index (χ1v) is 8.26. The number of carbonyl (C=O) groups excluding carboxylic acids is 1. The lowest BCUT2D eigenvalue weighted by Gasteiger charge is -2.31. The molecule has 2 heterocycles. The molecule has 0 aliphatic carbocycles. The maximum absolute atomic E-state index is 11.9.